The first kappa shape index (κ1) is 68.4. The van der Waals surface area contributed by atoms with Crippen LogP contribution in [-0.4, -0.2) is 238 Å². The minimum absolute atomic E-state index is 0.00340. The summed E-state index contributed by atoms with van der Waals surface area (Å²) in [5.41, 5.74) is 6.98. The van der Waals surface area contributed by atoms with Crippen molar-refractivity contribution < 1.29 is 42.5 Å². The number of amides is 2. The summed E-state index contributed by atoms with van der Waals surface area (Å²) >= 11 is 0. The van der Waals surface area contributed by atoms with Gasteiger partial charge in [0.1, 0.15) is 12.7 Å². The Kier molecular flexibility index (Phi) is 21.0. The largest absolute Gasteiger partial charge is 0.370 e. The van der Waals surface area contributed by atoms with E-state index in [4.69, 9.17) is 18.9 Å². The van der Waals surface area contributed by atoms with Gasteiger partial charge in [0, 0.05) is 124 Å². The van der Waals surface area contributed by atoms with Crippen molar-refractivity contribution in [3.05, 3.63) is 126 Å². The molecule has 2 amide bonds. The molecule has 20 nitrogen and oxygen atoms in total. The summed E-state index contributed by atoms with van der Waals surface area (Å²) in [5, 5.41) is 6.92. The number of ether oxygens (including phenoxy) is 4. The molecule has 494 valence electrons. The summed E-state index contributed by atoms with van der Waals surface area (Å²) in [6.07, 6.45) is 3.29. The van der Waals surface area contributed by atoms with E-state index in [1.807, 2.05) is 101 Å². The number of hydrogen-bond acceptors (Lipinski definition) is 12. The molecular weight excluding hydrogens is 1190 g/mol. The monoisotopic (exact) mass is 1290 g/mol. The highest BCUT2D eigenvalue weighted by atomic mass is 31.2. The predicted molar refractivity (Wildman–Crippen MR) is 361 cm³/mol. The SMILES string of the molecule is CC1CN(C(C)(C)C)CC(COCP(=O)(N(C)C)N2CCN(C(=O)c3ccc(-n4c5ccccc5c5ccccc54)cc3)CC2)O1.CC1CN(C(C)(C)C)CC(COCP(=O)(N(C)C)N2CCN(C(=O)c3ccc(-n4ncc5c4CC(C)(C)CC5=O)cc3)CC2)O1. The lowest BCUT2D eigenvalue weighted by atomic mass is 9.76. The molecule has 0 spiro atoms. The minimum Gasteiger partial charge on any atom is -0.370 e. The molecule has 0 bridgehead atoms. The quantitative estimate of drug-likeness (QED) is 0.0838. The van der Waals surface area contributed by atoms with Crippen LogP contribution in [0.3, 0.4) is 0 Å². The number of carbonyl (C=O) groups is 3. The lowest BCUT2D eigenvalue weighted by Crippen LogP contribution is -2.55. The number of fused-ring (bicyclic) bond motifs is 4. The molecular formula is C69H99N11O9P2. The lowest BCUT2D eigenvalue weighted by Gasteiger charge is -2.44. The predicted octanol–water partition coefficient (Wildman–Crippen LogP) is 10.6. The number of Topliss-reactive ketones (excluding diaryl/α,β-unsaturated/α-hetero) is 1. The van der Waals surface area contributed by atoms with E-state index >= 15 is 0 Å². The first-order valence-electron chi connectivity index (χ1n) is 32.4. The maximum Gasteiger partial charge on any atom is 0.253 e. The Labute approximate surface area is 539 Å². The highest BCUT2D eigenvalue weighted by Gasteiger charge is 2.41. The van der Waals surface area contributed by atoms with E-state index in [1.165, 1.54) is 10.8 Å². The Balaban J connectivity index is 0.000000200. The summed E-state index contributed by atoms with van der Waals surface area (Å²) in [7, 11) is 1.41. The third-order valence-electron chi connectivity index (χ3n) is 18.7. The van der Waals surface area contributed by atoms with Gasteiger partial charge in [-0.25, -0.2) is 23.4 Å². The van der Waals surface area contributed by atoms with Gasteiger partial charge in [-0.05, 0) is 156 Å². The van der Waals surface area contributed by atoms with Gasteiger partial charge in [0.15, 0.2) is 5.78 Å². The van der Waals surface area contributed by atoms with Gasteiger partial charge >= 0.3 is 0 Å². The van der Waals surface area contributed by atoms with Crippen LogP contribution in [0.4, 0.5) is 0 Å². The Hall–Kier alpha value is -5.44. The summed E-state index contributed by atoms with van der Waals surface area (Å²) in [6, 6.07) is 32.1. The molecule has 11 rings (SSSR count). The van der Waals surface area contributed by atoms with Crippen molar-refractivity contribution in [3.63, 3.8) is 0 Å². The van der Waals surface area contributed by atoms with Gasteiger partial charge in [-0.2, -0.15) is 5.10 Å². The van der Waals surface area contributed by atoms with E-state index in [0.717, 1.165) is 60.7 Å². The van der Waals surface area contributed by atoms with Crippen LogP contribution in [0.2, 0.25) is 0 Å². The second-order valence-corrected chi connectivity index (χ2v) is 34.5. The first-order valence-corrected chi connectivity index (χ1v) is 36.0. The third kappa shape index (κ3) is 15.4. The van der Waals surface area contributed by atoms with Crippen molar-refractivity contribution >= 4 is 54.3 Å². The van der Waals surface area contributed by atoms with Crippen molar-refractivity contribution in [2.75, 3.05) is 133 Å². The van der Waals surface area contributed by atoms with Crippen LogP contribution in [0.1, 0.15) is 112 Å². The van der Waals surface area contributed by atoms with Crippen LogP contribution in [0.25, 0.3) is 33.2 Å². The van der Waals surface area contributed by atoms with E-state index in [9.17, 15) is 23.5 Å². The molecule has 4 fully saturated rings. The fourth-order valence-electron chi connectivity index (χ4n) is 13.4. The standard InChI is InChI=1S/C36H48N5O4P.C33H51N6O5P/c1-27-23-39(36(2,3)4)24-30(45-27)25-44-26-46(43,37(5)6)40-21-19-38(20-22-40)35(42)28-15-17-29(18-16-28)41-33-13-9-7-11-31(33)32-12-8-10-14-34(32)41;1-24-20-37(32(2,3)4)21-27(44-24)22-43-23-45(42,35(7)8)38-15-13-36(14-16-38)31(41)25-9-11-26(12-10-25)39-29-17-33(5,6)18-30(40)28(29)19-34-39/h7-18,27,30H,19-26H2,1-6H3;9-12,19,24,27H,13-18,20-23H2,1-8H3. The van der Waals surface area contributed by atoms with Crippen molar-refractivity contribution in [2.45, 2.75) is 118 Å². The molecule has 4 aliphatic heterocycles. The molecule has 5 aliphatic rings. The van der Waals surface area contributed by atoms with Gasteiger partial charge in [0.25, 0.3) is 11.8 Å². The van der Waals surface area contributed by atoms with Crippen LogP contribution < -0.4 is 0 Å². The van der Waals surface area contributed by atoms with Crippen LogP contribution in [-0.2, 0) is 34.5 Å². The topological polar surface area (TPSA) is 171 Å². The first-order chi connectivity index (χ1) is 43.0. The van der Waals surface area contributed by atoms with Gasteiger partial charge in [0.05, 0.1) is 71.8 Å². The zero-order valence-electron chi connectivity index (χ0n) is 56.3. The van der Waals surface area contributed by atoms with E-state index < -0.39 is 14.9 Å². The Morgan fingerprint density at radius 1 is 0.582 bits per heavy atom. The van der Waals surface area contributed by atoms with Crippen LogP contribution in [0.15, 0.2) is 103 Å². The molecule has 4 saturated heterocycles. The van der Waals surface area contributed by atoms with E-state index in [0.29, 0.717) is 88.7 Å². The molecule has 6 atom stereocenters. The fourth-order valence-corrected chi connectivity index (χ4v) is 17.5. The van der Waals surface area contributed by atoms with Crippen LogP contribution in [0, 0.1) is 5.41 Å². The van der Waals surface area contributed by atoms with Gasteiger partial charge in [-0.3, -0.25) is 33.3 Å². The molecule has 2 aromatic heterocycles. The highest BCUT2D eigenvalue weighted by molar-refractivity contribution is 7.59. The van der Waals surface area contributed by atoms with E-state index in [-0.39, 0.29) is 71.2 Å². The number of ketones is 1. The number of para-hydroxylation sites is 2. The zero-order chi connectivity index (χ0) is 65.4. The maximum absolute atomic E-state index is 14.3. The van der Waals surface area contributed by atoms with Crippen LogP contribution >= 0.6 is 14.9 Å². The average molecular weight is 1290 g/mol. The van der Waals surface area contributed by atoms with Gasteiger partial charge in [0.2, 0.25) is 14.9 Å². The average Bonchev–Trinajstić information content (AvgIpc) is 1.65. The Morgan fingerprint density at radius 2 is 0.989 bits per heavy atom. The summed E-state index contributed by atoms with van der Waals surface area (Å²) in [4.78, 5) is 48.1. The normalized spacial score (nSPS) is 23.1. The van der Waals surface area contributed by atoms with Crippen LogP contribution in [0.5, 0.6) is 0 Å². The Morgan fingerprint density at radius 3 is 1.40 bits per heavy atom. The smallest absolute Gasteiger partial charge is 0.253 e. The number of carbonyl (C=O) groups excluding carboxylic acids is 3. The number of morpholine rings is 2. The molecule has 6 aromatic rings. The van der Waals surface area contributed by atoms with Gasteiger partial charge in [-0.1, -0.05) is 50.2 Å². The number of aromatic nitrogens is 3. The number of piperazine rings is 2. The van der Waals surface area contributed by atoms with E-state index in [1.54, 1.807) is 15.5 Å². The zero-order valence-corrected chi connectivity index (χ0v) is 58.1. The van der Waals surface area contributed by atoms with E-state index in [2.05, 4.69) is 137 Å². The lowest BCUT2D eigenvalue weighted by molar-refractivity contribution is -0.122. The highest BCUT2D eigenvalue weighted by Crippen LogP contribution is 2.53. The second kappa shape index (κ2) is 27.9. The number of nitrogens with zero attached hydrogens (tertiary/aromatic N) is 11. The number of benzene rings is 4. The van der Waals surface area contributed by atoms with Crippen molar-refractivity contribution in [3.8, 4) is 11.4 Å². The van der Waals surface area contributed by atoms with Gasteiger partial charge < -0.3 is 33.3 Å². The fraction of sp³-hybridized carbons (Fsp3) is 0.565. The number of rotatable bonds is 16. The Bertz CT molecular complexity index is 3560. The summed E-state index contributed by atoms with van der Waals surface area (Å²) in [5.74, 6) is 0.0726. The third-order valence-corrected chi connectivity index (χ3v) is 24.8. The molecule has 91 heavy (non-hydrogen) atoms. The molecule has 1 aliphatic carbocycles. The maximum atomic E-state index is 14.3. The molecule has 6 heterocycles. The molecule has 0 N–H and O–H groups in total. The van der Waals surface area contributed by atoms with Crippen molar-refractivity contribution in [1.82, 2.24) is 52.6 Å². The molecule has 22 heteroatoms. The minimum atomic E-state index is -2.98. The van der Waals surface area contributed by atoms with Crippen molar-refractivity contribution in [1.29, 1.82) is 0 Å². The summed E-state index contributed by atoms with van der Waals surface area (Å²) in [6.45, 7) is 29.8. The molecule has 0 saturated carbocycles. The number of hydrogen-bond donors (Lipinski definition) is 0. The summed E-state index contributed by atoms with van der Waals surface area (Å²) < 4.78 is 64.6. The molecule has 0 radical (unpaired) electrons. The molecule has 6 unspecified atom stereocenters. The van der Waals surface area contributed by atoms with Crippen molar-refractivity contribution in [2.24, 2.45) is 5.41 Å². The van der Waals surface area contributed by atoms with Gasteiger partial charge in [-0.15, -0.1) is 0 Å². The molecule has 4 aromatic carbocycles. The second-order valence-electron chi connectivity index (χ2n) is 28.6.